The molecule has 0 radical (unpaired) electrons. The number of hydrogen-bond donors (Lipinski definition) is 2. The average molecular weight is 234 g/mol. The van der Waals surface area contributed by atoms with E-state index in [-0.39, 0.29) is 0 Å². The van der Waals surface area contributed by atoms with Gasteiger partial charge in [-0.2, -0.15) is 0 Å². The molecule has 2 rings (SSSR count). The largest absolute Gasteiger partial charge is 0.495 e. The molecule has 0 bridgehead atoms. The maximum atomic E-state index is 11.5. The molecule has 17 heavy (non-hydrogen) atoms. The predicted molar refractivity (Wildman–Crippen MR) is 65.3 cm³/mol. The van der Waals surface area contributed by atoms with Crippen LogP contribution in [0.25, 0.3) is 10.9 Å². The van der Waals surface area contributed by atoms with Crippen molar-refractivity contribution in [1.29, 1.82) is 0 Å². The summed E-state index contributed by atoms with van der Waals surface area (Å²) in [6.07, 6.45) is 0. The number of fused-ring (bicyclic) bond motifs is 1. The number of methoxy groups -OCH3 is 2. The van der Waals surface area contributed by atoms with Crippen molar-refractivity contribution in [2.45, 2.75) is 6.92 Å². The van der Waals surface area contributed by atoms with Crippen LogP contribution in [0.1, 0.15) is 16.1 Å². The van der Waals surface area contributed by atoms with Gasteiger partial charge in [0.25, 0.3) is 0 Å². The first kappa shape index (κ1) is 11.3. The van der Waals surface area contributed by atoms with Crippen LogP contribution in [0.15, 0.2) is 12.1 Å². The van der Waals surface area contributed by atoms with Crippen LogP contribution >= 0.6 is 0 Å². The van der Waals surface area contributed by atoms with Gasteiger partial charge in [-0.05, 0) is 24.6 Å². The summed E-state index contributed by atoms with van der Waals surface area (Å²) >= 11 is 0. The van der Waals surface area contributed by atoms with E-state index in [0.717, 1.165) is 16.5 Å². The molecule has 0 fully saturated rings. The lowest BCUT2D eigenvalue weighted by molar-refractivity contribution is 0.0594. The fourth-order valence-corrected chi connectivity index (χ4v) is 1.95. The maximum absolute atomic E-state index is 11.5. The second-order valence-electron chi connectivity index (χ2n) is 3.72. The zero-order valence-corrected chi connectivity index (χ0v) is 9.96. The van der Waals surface area contributed by atoms with Gasteiger partial charge in [-0.3, -0.25) is 0 Å². The quantitative estimate of drug-likeness (QED) is 0.614. The molecule has 5 nitrogen and oxygen atoms in total. The van der Waals surface area contributed by atoms with Gasteiger partial charge in [0.2, 0.25) is 0 Å². The van der Waals surface area contributed by atoms with Crippen molar-refractivity contribution in [3.05, 3.63) is 23.4 Å². The molecule has 5 heteroatoms. The third kappa shape index (κ3) is 1.60. The van der Waals surface area contributed by atoms with E-state index in [1.165, 1.54) is 7.11 Å². The lowest BCUT2D eigenvalue weighted by Gasteiger charge is -2.05. The second kappa shape index (κ2) is 4.01. The van der Waals surface area contributed by atoms with Gasteiger partial charge >= 0.3 is 5.97 Å². The number of H-pyrrole nitrogens is 1. The Morgan fingerprint density at radius 3 is 2.65 bits per heavy atom. The highest BCUT2D eigenvalue weighted by Gasteiger charge is 2.18. The minimum Gasteiger partial charge on any atom is -0.495 e. The van der Waals surface area contributed by atoms with E-state index in [4.69, 9.17) is 15.2 Å². The van der Waals surface area contributed by atoms with E-state index in [1.807, 2.05) is 13.0 Å². The van der Waals surface area contributed by atoms with Gasteiger partial charge in [0, 0.05) is 10.9 Å². The second-order valence-corrected chi connectivity index (χ2v) is 3.72. The van der Waals surface area contributed by atoms with Gasteiger partial charge in [-0.15, -0.1) is 0 Å². The van der Waals surface area contributed by atoms with Crippen LogP contribution in [0.2, 0.25) is 0 Å². The lowest BCUT2D eigenvalue weighted by atomic mass is 10.1. The Labute approximate surface area is 98.5 Å². The number of carbonyl (C=O) groups excluding carboxylic acids is 1. The van der Waals surface area contributed by atoms with Crippen LogP contribution < -0.4 is 10.5 Å². The summed E-state index contributed by atoms with van der Waals surface area (Å²) in [6.45, 7) is 1.82. The van der Waals surface area contributed by atoms with Crippen molar-refractivity contribution in [1.82, 2.24) is 4.98 Å². The summed E-state index contributed by atoms with van der Waals surface area (Å²) in [5.41, 5.74) is 8.49. The van der Waals surface area contributed by atoms with E-state index in [2.05, 4.69) is 4.98 Å². The molecule has 0 amide bonds. The number of carbonyl (C=O) groups is 1. The van der Waals surface area contributed by atoms with Crippen LogP contribution in [-0.2, 0) is 4.74 Å². The predicted octanol–water partition coefficient (Wildman–Crippen LogP) is 1.85. The van der Waals surface area contributed by atoms with Crippen molar-refractivity contribution in [3.63, 3.8) is 0 Å². The molecule has 1 aromatic carbocycles. The number of esters is 1. The van der Waals surface area contributed by atoms with Gasteiger partial charge in [-0.1, -0.05) is 0 Å². The molecule has 1 aromatic heterocycles. The molecule has 0 spiro atoms. The molecule has 1 heterocycles. The number of rotatable bonds is 2. The number of hydrogen-bond acceptors (Lipinski definition) is 4. The SMILES string of the molecule is COC(=O)c1[nH]c2ccc(OC)c(N)c2c1C. The van der Waals surface area contributed by atoms with E-state index < -0.39 is 5.97 Å². The first-order chi connectivity index (χ1) is 8.10. The first-order valence-electron chi connectivity index (χ1n) is 5.13. The number of benzene rings is 1. The van der Waals surface area contributed by atoms with Crippen molar-refractivity contribution < 1.29 is 14.3 Å². The fourth-order valence-electron chi connectivity index (χ4n) is 1.95. The normalized spacial score (nSPS) is 10.5. The highest BCUT2D eigenvalue weighted by Crippen LogP contribution is 2.34. The van der Waals surface area contributed by atoms with Crippen LogP contribution in [0.4, 0.5) is 5.69 Å². The van der Waals surface area contributed by atoms with E-state index in [0.29, 0.717) is 17.1 Å². The molecule has 2 aromatic rings. The number of ether oxygens (including phenoxy) is 2. The zero-order valence-electron chi connectivity index (χ0n) is 9.96. The van der Waals surface area contributed by atoms with Gasteiger partial charge < -0.3 is 20.2 Å². The third-order valence-corrected chi connectivity index (χ3v) is 2.82. The molecule has 90 valence electrons. The van der Waals surface area contributed by atoms with Gasteiger partial charge in [0.1, 0.15) is 11.4 Å². The molecule has 0 saturated heterocycles. The Morgan fingerprint density at radius 2 is 2.06 bits per heavy atom. The Hall–Kier alpha value is -2.17. The molecule has 0 aliphatic heterocycles. The number of nitrogen functional groups attached to an aromatic ring is 1. The highest BCUT2D eigenvalue weighted by atomic mass is 16.5. The number of nitrogens with two attached hydrogens (primary N) is 1. The summed E-state index contributed by atoms with van der Waals surface area (Å²) in [4.78, 5) is 14.5. The molecule has 3 N–H and O–H groups in total. The Bertz CT molecular complexity index is 587. The number of aromatic amines is 1. The summed E-state index contributed by atoms with van der Waals surface area (Å²) in [7, 11) is 2.90. The van der Waals surface area contributed by atoms with Crippen LogP contribution in [0.3, 0.4) is 0 Å². The molecular weight excluding hydrogens is 220 g/mol. The summed E-state index contributed by atoms with van der Waals surface area (Å²) in [5, 5.41) is 0.796. The molecule has 0 unspecified atom stereocenters. The number of aromatic nitrogens is 1. The van der Waals surface area contributed by atoms with Crippen LogP contribution in [0, 0.1) is 6.92 Å². The Balaban J connectivity index is 2.75. The molecular formula is C12H14N2O3. The minimum absolute atomic E-state index is 0.405. The van der Waals surface area contributed by atoms with E-state index in [9.17, 15) is 4.79 Å². The van der Waals surface area contributed by atoms with Crippen molar-refractivity contribution >= 4 is 22.6 Å². The molecule has 0 aliphatic rings. The maximum Gasteiger partial charge on any atom is 0.354 e. The lowest BCUT2D eigenvalue weighted by Crippen LogP contribution is -2.03. The van der Waals surface area contributed by atoms with Crippen molar-refractivity contribution in [2.75, 3.05) is 20.0 Å². The fraction of sp³-hybridized carbons (Fsp3) is 0.250. The van der Waals surface area contributed by atoms with Gasteiger partial charge in [0.05, 0.1) is 19.9 Å². The topological polar surface area (TPSA) is 77.3 Å². The number of aryl methyl sites for hydroxylation is 1. The summed E-state index contributed by atoms with van der Waals surface area (Å²) < 4.78 is 9.85. The first-order valence-corrected chi connectivity index (χ1v) is 5.13. The summed E-state index contributed by atoms with van der Waals surface area (Å²) in [6, 6.07) is 3.58. The molecule has 0 aliphatic carbocycles. The molecule has 0 atom stereocenters. The van der Waals surface area contributed by atoms with Crippen molar-refractivity contribution in [2.24, 2.45) is 0 Å². The monoisotopic (exact) mass is 234 g/mol. The van der Waals surface area contributed by atoms with E-state index >= 15 is 0 Å². The highest BCUT2D eigenvalue weighted by molar-refractivity contribution is 6.04. The average Bonchev–Trinajstić information content (AvgIpc) is 2.67. The van der Waals surface area contributed by atoms with E-state index in [1.54, 1.807) is 13.2 Å². The Morgan fingerprint density at radius 1 is 1.35 bits per heavy atom. The van der Waals surface area contributed by atoms with Crippen LogP contribution in [0.5, 0.6) is 5.75 Å². The number of anilines is 1. The van der Waals surface area contributed by atoms with Gasteiger partial charge in [0.15, 0.2) is 0 Å². The van der Waals surface area contributed by atoms with Crippen LogP contribution in [-0.4, -0.2) is 25.2 Å². The smallest absolute Gasteiger partial charge is 0.354 e. The third-order valence-electron chi connectivity index (χ3n) is 2.82. The summed E-state index contributed by atoms with van der Waals surface area (Å²) in [5.74, 6) is 0.188. The number of nitrogens with one attached hydrogen (secondary N) is 1. The minimum atomic E-state index is -0.405. The Kier molecular flexibility index (Phi) is 2.67. The zero-order chi connectivity index (χ0) is 12.6. The van der Waals surface area contributed by atoms with Gasteiger partial charge in [-0.25, -0.2) is 4.79 Å². The molecule has 0 saturated carbocycles. The van der Waals surface area contributed by atoms with Crippen molar-refractivity contribution in [3.8, 4) is 5.75 Å². The standard InChI is InChI=1S/C12H14N2O3/c1-6-9-7(14-11(6)12(15)17-3)4-5-8(16-2)10(9)13/h4-5,14H,13H2,1-3H3.